The first-order valence-corrected chi connectivity index (χ1v) is 9.11. The number of rotatable bonds is 3. The van der Waals surface area contributed by atoms with Gasteiger partial charge in [0.2, 0.25) is 5.95 Å². The number of nitrogens with zero attached hydrogens (tertiary/aromatic N) is 2. The molecule has 134 valence electrons. The van der Waals surface area contributed by atoms with Crippen molar-refractivity contribution in [1.29, 1.82) is 0 Å². The third-order valence-electron chi connectivity index (χ3n) is 4.79. The molecule has 1 saturated carbocycles. The largest absolute Gasteiger partial charge is 0.456 e. The van der Waals surface area contributed by atoms with E-state index in [9.17, 15) is 9.18 Å². The van der Waals surface area contributed by atoms with Gasteiger partial charge in [-0.3, -0.25) is 9.69 Å². The monoisotopic (exact) mass is 371 g/mol. The second kappa shape index (κ2) is 6.99. The molecule has 2 fully saturated rings. The van der Waals surface area contributed by atoms with Crippen molar-refractivity contribution in [3.8, 4) is 11.3 Å². The summed E-state index contributed by atoms with van der Waals surface area (Å²) >= 11 is 5.36. The number of nitrogens with one attached hydrogen (secondary N) is 1. The van der Waals surface area contributed by atoms with Crippen molar-refractivity contribution in [2.45, 2.75) is 38.1 Å². The Bertz CT molecular complexity index is 886. The molecular weight excluding hydrogens is 353 g/mol. The standard InChI is InChI=1S/C19H18FN3O2S/c20-17-14(7-4-10-21-17)16-9-8-13(25-16)11-15-18(24)23(19(26)22-15)12-5-2-1-3-6-12/h4,7-12H,1-3,5-6H2,(H,22,26). The molecule has 26 heavy (non-hydrogen) atoms. The normalized spacial score (nSPS) is 20.0. The summed E-state index contributed by atoms with van der Waals surface area (Å²) in [6, 6.07) is 6.75. The summed E-state index contributed by atoms with van der Waals surface area (Å²) in [5.41, 5.74) is 0.662. The van der Waals surface area contributed by atoms with Crippen molar-refractivity contribution in [1.82, 2.24) is 15.2 Å². The molecule has 2 aliphatic rings. The Morgan fingerprint density at radius 1 is 1.27 bits per heavy atom. The number of halogens is 1. The van der Waals surface area contributed by atoms with Gasteiger partial charge in [0.1, 0.15) is 17.2 Å². The zero-order chi connectivity index (χ0) is 18.1. The van der Waals surface area contributed by atoms with E-state index < -0.39 is 5.95 Å². The number of aromatic nitrogens is 1. The fraction of sp³-hybridized carbons (Fsp3) is 0.316. The fourth-order valence-electron chi connectivity index (χ4n) is 3.51. The number of hydrogen-bond acceptors (Lipinski definition) is 4. The Labute approximate surface area is 155 Å². The predicted molar refractivity (Wildman–Crippen MR) is 99.3 cm³/mol. The molecular formula is C19H18FN3O2S. The van der Waals surface area contributed by atoms with Crippen LogP contribution in [0.4, 0.5) is 4.39 Å². The van der Waals surface area contributed by atoms with Crippen molar-refractivity contribution in [2.75, 3.05) is 0 Å². The molecule has 5 nitrogen and oxygen atoms in total. The molecule has 2 aromatic rings. The van der Waals surface area contributed by atoms with Gasteiger partial charge in [0, 0.05) is 18.3 Å². The highest BCUT2D eigenvalue weighted by molar-refractivity contribution is 7.80. The van der Waals surface area contributed by atoms with Gasteiger partial charge in [-0.1, -0.05) is 19.3 Å². The summed E-state index contributed by atoms with van der Waals surface area (Å²) in [5.74, 6) is 0.0835. The van der Waals surface area contributed by atoms with Crippen LogP contribution >= 0.6 is 12.2 Å². The van der Waals surface area contributed by atoms with E-state index in [1.165, 1.54) is 12.6 Å². The van der Waals surface area contributed by atoms with Crippen LogP contribution in [0.25, 0.3) is 17.4 Å². The number of furan rings is 1. The van der Waals surface area contributed by atoms with E-state index in [1.807, 2.05) is 0 Å². The summed E-state index contributed by atoms with van der Waals surface area (Å²) in [7, 11) is 0. The predicted octanol–water partition coefficient (Wildman–Crippen LogP) is 3.87. The number of carbonyl (C=O) groups excluding carboxylic acids is 1. The first-order chi connectivity index (χ1) is 12.6. The molecule has 0 aromatic carbocycles. The highest BCUT2D eigenvalue weighted by Gasteiger charge is 2.36. The van der Waals surface area contributed by atoms with Gasteiger partial charge in [-0.25, -0.2) is 4.98 Å². The van der Waals surface area contributed by atoms with Crippen molar-refractivity contribution in [3.63, 3.8) is 0 Å². The van der Waals surface area contributed by atoms with Crippen LogP contribution in [-0.4, -0.2) is 26.9 Å². The average Bonchev–Trinajstić information content (AvgIpc) is 3.21. The number of carbonyl (C=O) groups is 1. The minimum Gasteiger partial charge on any atom is -0.456 e. The minimum absolute atomic E-state index is 0.132. The maximum atomic E-state index is 13.8. The van der Waals surface area contributed by atoms with Crippen LogP contribution in [0, 0.1) is 5.95 Å². The summed E-state index contributed by atoms with van der Waals surface area (Å²) < 4.78 is 19.4. The molecule has 1 saturated heterocycles. The first kappa shape index (κ1) is 16.9. The van der Waals surface area contributed by atoms with Gasteiger partial charge < -0.3 is 9.73 Å². The minimum atomic E-state index is -0.597. The van der Waals surface area contributed by atoms with Crippen LogP contribution in [-0.2, 0) is 4.79 Å². The Hall–Kier alpha value is -2.54. The number of pyridine rings is 1. The molecule has 1 aliphatic heterocycles. The first-order valence-electron chi connectivity index (χ1n) is 8.70. The molecule has 3 heterocycles. The van der Waals surface area contributed by atoms with Gasteiger partial charge in [-0.05, 0) is 49.3 Å². The Kier molecular flexibility index (Phi) is 4.55. The third-order valence-corrected chi connectivity index (χ3v) is 5.09. The van der Waals surface area contributed by atoms with Gasteiger partial charge in [-0.2, -0.15) is 4.39 Å². The van der Waals surface area contributed by atoms with Gasteiger partial charge >= 0.3 is 0 Å². The topological polar surface area (TPSA) is 58.4 Å². The molecule has 1 amide bonds. The zero-order valence-corrected chi connectivity index (χ0v) is 14.9. The number of thiocarbonyl (C=S) groups is 1. The number of hydrogen-bond donors (Lipinski definition) is 1. The summed E-state index contributed by atoms with van der Waals surface area (Å²) in [6.45, 7) is 0. The van der Waals surface area contributed by atoms with Crippen LogP contribution < -0.4 is 5.32 Å². The summed E-state index contributed by atoms with van der Waals surface area (Å²) in [6.07, 6.45) is 8.39. The van der Waals surface area contributed by atoms with Crippen LogP contribution in [0.5, 0.6) is 0 Å². The highest BCUT2D eigenvalue weighted by atomic mass is 32.1. The van der Waals surface area contributed by atoms with Gasteiger partial charge in [0.25, 0.3) is 5.91 Å². The van der Waals surface area contributed by atoms with Crippen LogP contribution in [0.2, 0.25) is 0 Å². The van der Waals surface area contributed by atoms with Crippen molar-refractivity contribution >= 4 is 29.3 Å². The molecule has 2 aromatic heterocycles. The van der Waals surface area contributed by atoms with Crippen LogP contribution in [0.15, 0.2) is 40.6 Å². The quantitative estimate of drug-likeness (QED) is 0.504. The van der Waals surface area contributed by atoms with E-state index >= 15 is 0 Å². The summed E-state index contributed by atoms with van der Waals surface area (Å²) in [4.78, 5) is 18.1. The maximum Gasteiger partial charge on any atom is 0.276 e. The van der Waals surface area contributed by atoms with E-state index in [0.717, 1.165) is 25.7 Å². The third kappa shape index (κ3) is 3.14. The smallest absolute Gasteiger partial charge is 0.276 e. The van der Waals surface area contributed by atoms with Crippen LogP contribution in [0.1, 0.15) is 37.9 Å². The van der Waals surface area contributed by atoms with Gasteiger partial charge in [0.05, 0.1) is 5.56 Å². The molecule has 1 aliphatic carbocycles. The molecule has 7 heteroatoms. The van der Waals surface area contributed by atoms with Gasteiger partial charge in [0.15, 0.2) is 5.11 Å². The van der Waals surface area contributed by atoms with Crippen molar-refractivity contribution in [3.05, 3.63) is 47.9 Å². The van der Waals surface area contributed by atoms with Gasteiger partial charge in [-0.15, -0.1) is 0 Å². The van der Waals surface area contributed by atoms with E-state index in [-0.39, 0.29) is 17.5 Å². The molecule has 0 bridgehead atoms. The fourth-order valence-corrected chi connectivity index (χ4v) is 3.85. The van der Waals surface area contributed by atoms with E-state index in [0.29, 0.717) is 22.3 Å². The second-order valence-electron chi connectivity index (χ2n) is 6.50. The molecule has 0 atom stereocenters. The van der Waals surface area contributed by atoms with Crippen LogP contribution in [0.3, 0.4) is 0 Å². The van der Waals surface area contributed by atoms with E-state index in [2.05, 4.69) is 10.3 Å². The highest BCUT2D eigenvalue weighted by Crippen LogP contribution is 2.28. The van der Waals surface area contributed by atoms with Crippen molar-refractivity contribution < 1.29 is 13.6 Å². The lowest BCUT2D eigenvalue weighted by molar-refractivity contribution is -0.124. The average molecular weight is 371 g/mol. The molecule has 0 radical (unpaired) electrons. The Morgan fingerprint density at radius 3 is 2.85 bits per heavy atom. The lowest BCUT2D eigenvalue weighted by Gasteiger charge is -2.29. The molecule has 4 rings (SSSR count). The molecule has 0 unspecified atom stereocenters. The van der Waals surface area contributed by atoms with E-state index in [4.69, 9.17) is 16.6 Å². The van der Waals surface area contributed by atoms with Crippen molar-refractivity contribution in [2.24, 2.45) is 0 Å². The molecule has 1 N–H and O–H groups in total. The lowest BCUT2D eigenvalue weighted by Crippen LogP contribution is -2.41. The SMILES string of the molecule is O=C1C(=Cc2ccc(-c3cccnc3F)o2)NC(=S)N1C1CCCCC1. The molecule has 0 spiro atoms. The lowest BCUT2D eigenvalue weighted by atomic mass is 9.94. The Morgan fingerprint density at radius 2 is 2.08 bits per heavy atom. The maximum absolute atomic E-state index is 13.8. The number of amides is 1. The second-order valence-corrected chi connectivity index (χ2v) is 6.89. The Balaban J connectivity index is 1.56. The zero-order valence-electron chi connectivity index (χ0n) is 14.1. The summed E-state index contributed by atoms with van der Waals surface area (Å²) in [5, 5.41) is 3.43. The van der Waals surface area contributed by atoms with E-state index in [1.54, 1.807) is 35.2 Å².